The molecular weight excluding hydrogens is 214 g/mol. The standard InChI is InChI=1S/C11H10ClNO2/c1-7(14)6-13-10-5-9(12)3-2-8(10)4-11(13)15/h2-3,5H,4,6H2,1H3. The molecule has 4 heteroatoms. The summed E-state index contributed by atoms with van der Waals surface area (Å²) in [6.45, 7) is 1.60. The molecule has 15 heavy (non-hydrogen) atoms. The molecule has 3 nitrogen and oxygen atoms in total. The lowest BCUT2D eigenvalue weighted by Gasteiger charge is -2.15. The van der Waals surface area contributed by atoms with Gasteiger partial charge in [0.15, 0.2) is 0 Å². The number of carbonyl (C=O) groups excluding carboxylic acids is 2. The van der Waals surface area contributed by atoms with Crippen LogP contribution in [0.15, 0.2) is 18.2 Å². The van der Waals surface area contributed by atoms with E-state index in [0.29, 0.717) is 11.4 Å². The summed E-state index contributed by atoms with van der Waals surface area (Å²) < 4.78 is 0. The number of benzene rings is 1. The molecule has 0 aliphatic carbocycles. The summed E-state index contributed by atoms with van der Waals surface area (Å²) in [7, 11) is 0. The molecule has 0 saturated heterocycles. The Kier molecular flexibility index (Phi) is 2.49. The van der Waals surface area contributed by atoms with Gasteiger partial charge in [0.1, 0.15) is 5.78 Å². The molecule has 78 valence electrons. The minimum absolute atomic E-state index is 0.0313. The molecule has 0 unspecified atom stereocenters. The number of amides is 1. The lowest BCUT2D eigenvalue weighted by molar-refractivity contribution is -0.121. The minimum atomic E-state index is -0.0394. The zero-order valence-electron chi connectivity index (χ0n) is 8.29. The molecule has 0 fully saturated rings. The zero-order valence-corrected chi connectivity index (χ0v) is 9.04. The second-order valence-corrected chi connectivity index (χ2v) is 4.07. The fourth-order valence-electron chi connectivity index (χ4n) is 1.73. The van der Waals surface area contributed by atoms with E-state index in [-0.39, 0.29) is 18.2 Å². The maximum absolute atomic E-state index is 11.6. The molecule has 1 aliphatic heterocycles. The molecule has 0 atom stereocenters. The van der Waals surface area contributed by atoms with Crippen molar-refractivity contribution in [1.82, 2.24) is 0 Å². The van der Waals surface area contributed by atoms with Gasteiger partial charge in [0.2, 0.25) is 5.91 Å². The highest BCUT2D eigenvalue weighted by Gasteiger charge is 2.27. The lowest BCUT2D eigenvalue weighted by Crippen LogP contribution is -2.31. The average molecular weight is 224 g/mol. The molecule has 0 spiro atoms. The molecule has 0 radical (unpaired) electrons. The van der Waals surface area contributed by atoms with Gasteiger partial charge in [0.05, 0.1) is 13.0 Å². The van der Waals surface area contributed by atoms with Gasteiger partial charge in [-0.1, -0.05) is 17.7 Å². The maximum Gasteiger partial charge on any atom is 0.231 e. The molecule has 1 amide bonds. The van der Waals surface area contributed by atoms with Gasteiger partial charge >= 0.3 is 0 Å². The number of ketones is 1. The van der Waals surface area contributed by atoms with Crippen molar-refractivity contribution < 1.29 is 9.59 Å². The summed E-state index contributed by atoms with van der Waals surface area (Å²) in [5.41, 5.74) is 1.70. The average Bonchev–Trinajstić information content (AvgIpc) is 2.43. The third-order valence-corrected chi connectivity index (χ3v) is 2.60. The Bertz CT molecular complexity index is 442. The van der Waals surface area contributed by atoms with Crippen LogP contribution in [0.5, 0.6) is 0 Å². The van der Waals surface area contributed by atoms with Gasteiger partial charge < -0.3 is 4.90 Å². The molecule has 1 heterocycles. The number of Topliss-reactive ketones (excluding diaryl/α,β-unsaturated/α-hetero) is 1. The van der Waals surface area contributed by atoms with Crippen LogP contribution in [0.1, 0.15) is 12.5 Å². The van der Waals surface area contributed by atoms with Crippen LogP contribution >= 0.6 is 11.6 Å². The third-order valence-electron chi connectivity index (χ3n) is 2.36. The monoisotopic (exact) mass is 223 g/mol. The topological polar surface area (TPSA) is 37.4 Å². The highest BCUT2D eigenvalue weighted by atomic mass is 35.5. The van der Waals surface area contributed by atoms with Gasteiger partial charge in [-0.05, 0) is 24.6 Å². The van der Waals surface area contributed by atoms with E-state index in [9.17, 15) is 9.59 Å². The summed E-state index contributed by atoms with van der Waals surface area (Å²) in [5, 5.41) is 0.581. The van der Waals surface area contributed by atoms with E-state index in [1.54, 1.807) is 12.1 Å². The van der Waals surface area contributed by atoms with Gasteiger partial charge in [-0.3, -0.25) is 9.59 Å². The third kappa shape index (κ3) is 1.88. The highest BCUT2D eigenvalue weighted by Crippen LogP contribution is 2.31. The summed E-state index contributed by atoms with van der Waals surface area (Å²) in [6, 6.07) is 5.31. The first kappa shape index (κ1) is 10.2. The first-order chi connectivity index (χ1) is 7.08. The van der Waals surface area contributed by atoms with Crippen molar-refractivity contribution in [1.29, 1.82) is 0 Å². The summed E-state index contributed by atoms with van der Waals surface area (Å²) in [4.78, 5) is 24.1. The zero-order chi connectivity index (χ0) is 11.0. The van der Waals surface area contributed by atoms with Crippen molar-refractivity contribution in [2.45, 2.75) is 13.3 Å². The summed E-state index contributed by atoms with van der Waals surface area (Å²) in [6.07, 6.45) is 0.361. The fraction of sp³-hybridized carbons (Fsp3) is 0.273. The second kappa shape index (κ2) is 3.66. The summed E-state index contributed by atoms with van der Waals surface area (Å²) in [5.74, 6) is -0.0707. The van der Waals surface area contributed by atoms with Crippen LogP contribution in [0, 0.1) is 0 Å². The van der Waals surface area contributed by atoms with E-state index in [1.807, 2.05) is 6.07 Å². The van der Waals surface area contributed by atoms with Gasteiger partial charge in [0, 0.05) is 10.7 Å². The number of fused-ring (bicyclic) bond motifs is 1. The maximum atomic E-state index is 11.6. The van der Waals surface area contributed by atoms with Crippen molar-refractivity contribution in [3.8, 4) is 0 Å². The van der Waals surface area contributed by atoms with Crippen LogP contribution < -0.4 is 4.90 Å². The Labute approximate surface area is 92.6 Å². The fourth-order valence-corrected chi connectivity index (χ4v) is 1.89. The molecule has 0 aromatic heterocycles. The van der Waals surface area contributed by atoms with E-state index >= 15 is 0 Å². The molecule has 0 N–H and O–H groups in total. The van der Waals surface area contributed by atoms with Gasteiger partial charge in [-0.2, -0.15) is 0 Å². The van der Waals surface area contributed by atoms with Crippen molar-refractivity contribution in [2.75, 3.05) is 11.4 Å². The largest absolute Gasteiger partial charge is 0.304 e. The lowest BCUT2D eigenvalue weighted by atomic mass is 10.2. The number of rotatable bonds is 2. The Morgan fingerprint density at radius 1 is 1.53 bits per heavy atom. The summed E-state index contributed by atoms with van der Waals surface area (Å²) >= 11 is 5.85. The number of halogens is 1. The predicted molar refractivity (Wildman–Crippen MR) is 58.2 cm³/mol. The van der Waals surface area contributed by atoms with Gasteiger partial charge in [0.25, 0.3) is 0 Å². The number of anilines is 1. The molecular formula is C11H10ClNO2. The first-order valence-electron chi connectivity index (χ1n) is 4.66. The van der Waals surface area contributed by atoms with Gasteiger partial charge in [-0.15, -0.1) is 0 Å². The number of carbonyl (C=O) groups is 2. The quantitative estimate of drug-likeness (QED) is 0.767. The van der Waals surface area contributed by atoms with E-state index < -0.39 is 0 Å². The number of hydrogen-bond acceptors (Lipinski definition) is 2. The van der Waals surface area contributed by atoms with Crippen LogP contribution in [0.2, 0.25) is 5.02 Å². The van der Waals surface area contributed by atoms with Crippen molar-refractivity contribution >= 4 is 29.0 Å². The first-order valence-corrected chi connectivity index (χ1v) is 5.04. The molecule has 0 saturated carbocycles. The van der Waals surface area contributed by atoms with E-state index in [4.69, 9.17) is 11.6 Å². The Balaban J connectivity index is 2.39. The van der Waals surface area contributed by atoms with Crippen LogP contribution in [-0.2, 0) is 16.0 Å². The minimum Gasteiger partial charge on any atom is -0.304 e. The number of hydrogen-bond donors (Lipinski definition) is 0. The van der Waals surface area contributed by atoms with E-state index in [1.165, 1.54) is 11.8 Å². The van der Waals surface area contributed by atoms with E-state index in [0.717, 1.165) is 11.3 Å². The van der Waals surface area contributed by atoms with Crippen molar-refractivity contribution in [2.24, 2.45) is 0 Å². The van der Waals surface area contributed by atoms with E-state index in [2.05, 4.69) is 0 Å². The van der Waals surface area contributed by atoms with Gasteiger partial charge in [-0.25, -0.2) is 0 Å². The Morgan fingerprint density at radius 2 is 2.27 bits per heavy atom. The van der Waals surface area contributed by atoms with Crippen LogP contribution in [0.4, 0.5) is 5.69 Å². The predicted octanol–water partition coefficient (Wildman–Crippen LogP) is 1.82. The molecule has 1 aromatic rings. The van der Waals surface area contributed by atoms with Crippen molar-refractivity contribution in [3.05, 3.63) is 28.8 Å². The molecule has 2 rings (SSSR count). The number of nitrogens with zero attached hydrogens (tertiary/aromatic N) is 1. The highest BCUT2D eigenvalue weighted by molar-refractivity contribution is 6.31. The Hall–Kier alpha value is -1.35. The SMILES string of the molecule is CC(=O)CN1C(=O)Cc2ccc(Cl)cc21. The van der Waals surface area contributed by atoms with Crippen LogP contribution in [0.3, 0.4) is 0 Å². The molecule has 0 bridgehead atoms. The van der Waals surface area contributed by atoms with Crippen LogP contribution in [0.25, 0.3) is 0 Å². The van der Waals surface area contributed by atoms with Crippen molar-refractivity contribution in [3.63, 3.8) is 0 Å². The second-order valence-electron chi connectivity index (χ2n) is 3.63. The Morgan fingerprint density at radius 3 is 2.93 bits per heavy atom. The molecule has 1 aliphatic rings. The normalized spacial score (nSPS) is 14.3. The van der Waals surface area contributed by atoms with Crippen LogP contribution in [-0.4, -0.2) is 18.2 Å². The smallest absolute Gasteiger partial charge is 0.231 e. The molecule has 1 aromatic carbocycles.